The highest BCUT2D eigenvalue weighted by molar-refractivity contribution is 6.31. The molecule has 5 nitrogen and oxygen atoms in total. The van der Waals surface area contributed by atoms with Crippen molar-refractivity contribution in [3.8, 4) is 0 Å². The number of halogens is 1. The van der Waals surface area contributed by atoms with Gasteiger partial charge in [-0.1, -0.05) is 6.92 Å². The lowest BCUT2D eigenvalue weighted by molar-refractivity contribution is -0.119. The fourth-order valence-corrected chi connectivity index (χ4v) is 1.59. The second kappa shape index (κ2) is 6.06. The number of carbonyl (C=O) groups excluding carboxylic acids is 2. The topological polar surface area (TPSA) is 58.6 Å². The Labute approximate surface area is 100 Å². The molecule has 1 rings (SSSR count). The number of hydrogen-bond donors (Lipinski definition) is 1. The predicted octanol–water partition coefficient (Wildman–Crippen LogP) is 0.961. The number of hydrogen-bond acceptors (Lipinski definition) is 3. The van der Waals surface area contributed by atoms with E-state index in [1.807, 2.05) is 6.92 Å². The van der Waals surface area contributed by atoms with Gasteiger partial charge in [-0.05, 0) is 13.3 Å². The van der Waals surface area contributed by atoms with Gasteiger partial charge in [-0.2, -0.15) is 0 Å². The third kappa shape index (κ3) is 3.35. The molecule has 2 atom stereocenters. The van der Waals surface area contributed by atoms with Crippen molar-refractivity contribution in [1.29, 1.82) is 0 Å². The first-order valence-corrected chi connectivity index (χ1v) is 5.83. The zero-order valence-electron chi connectivity index (χ0n) is 9.53. The Hall–Kier alpha value is -0.810. The maximum absolute atomic E-state index is 11.8. The Morgan fingerprint density at radius 3 is 2.88 bits per heavy atom. The molecular formula is C10H17ClN2O3. The summed E-state index contributed by atoms with van der Waals surface area (Å²) in [5, 5.41) is 1.57. The van der Waals surface area contributed by atoms with Crippen LogP contribution in [0.1, 0.15) is 20.3 Å². The van der Waals surface area contributed by atoms with Crippen LogP contribution in [0.15, 0.2) is 0 Å². The summed E-state index contributed by atoms with van der Waals surface area (Å²) in [7, 11) is 0. The summed E-state index contributed by atoms with van der Waals surface area (Å²) < 4.78 is 5.27. The van der Waals surface area contributed by atoms with Crippen molar-refractivity contribution in [2.75, 3.05) is 19.8 Å². The van der Waals surface area contributed by atoms with Crippen LogP contribution in [0, 0.1) is 0 Å². The van der Waals surface area contributed by atoms with Crippen molar-refractivity contribution >= 4 is 23.5 Å². The highest BCUT2D eigenvalue weighted by Gasteiger charge is 2.27. The molecule has 0 saturated carbocycles. The van der Waals surface area contributed by atoms with E-state index in [2.05, 4.69) is 5.32 Å². The zero-order valence-corrected chi connectivity index (χ0v) is 10.3. The maximum Gasteiger partial charge on any atom is 0.324 e. The van der Waals surface area contributed by atoms with Crippen molar-refractivity contribution < 1.29 is 14.3 Å². The molecule has 1 saturated heterocycles. The molecule has 1 heterocycles. The standard InChI is InChI=1S/C10H17ClN2O3/c1-3-8-6-16-5-4-13(8)10(15)12-9(14)7(2)11/h7-8H,3-6H2,1-2H3,(H,12,14,15). The second-order valence-electron chi connectivity index (χ2n) is 3.74. The fraction of sp³-hybridized carbons (Fsp3) is 0.800. The van der Waals surface area contributed by atoms with E-state index in [9.17, 15) is 9.59 Å². The monoisotopic (exact) mass is 248 g/mol. The predicted molar refractivity (Wildman–Crippen MR) is 60.5 cm³/mol. The molecule has 1 aliphatic heterocycles. The number of morpholine rings is 1. The molecule has 0 aromatic heterocycles. The summed E-state index contributed by atoms with van der Waals surface area (Å²) in [6, 6.07) is -0.347. The number of alkyl halides is 1. The van der Waals surface area contributed by atoms with E-state index in [0.717, 1.165) is 6.42 Å². The van der Waals surface area contributed by atoms with Gasteiger partial charge >= 0.3 is 6.03 Å². The number of nitrogens with zero attached hydrogens (tertiary/aromatic N) is 1. The van der Waals surface area contributed by atoms with Crippen LogP contribution in [0.2, 0.25) is 0 Å². The van der Waals surface area contributed by atoms with Crippen LogP contribution < -0.4 is 5.32 Å². The minimum Gasteiger partial charge on any atom is -0.377 e. The Bertz CT molecular complexity index is 271. The van der Waals surface area contributed by atoms with E-state index in [0.29, 0.717) is 19.8 Å². The third-order valence-corrected chi connectivity index (χ3v) is 2.75. The van der Waals surface area contributed by atoms with Gasteiger partial charge in [0, 0.05) is 6.54 Å². The molecule has 0 aromatic carbocycles. The molecule has 92 valence electrons. The summed E-state index contributed by atoms with van der Waals surface area (Å²) >= 11 is 5.57. The molecule has 0 aromatic rings. The molecule has 0 radical (unpaired) electrons. The van der Waals surface area contributed by atoms with Crippen molar-refractivity contribution in [3.63, 3.8) is 0 Å². The lowest BCUT2D eigenvalue weighted by Gasteiger charge is -2.34. The molecule has 1 N–H and O–H groups in total. The van der Waals surface area contributed by atoms with Crippen LogP contribution in [0.4, 0.5) is 4.79 Å². The molecule has 1 fully saturated rings. The van der Waals surface area contributed by atoms with Crippen LogP contribution in [-0.4, -0.2) is 48.0 Å². The van der Waals surface area contributed by atoms with Gasteiger partial charge < -0.3 is 9.64 Å². The Kier molecular flexibility index (Phi) is 5.02. The zero-order chi connectivity index (χ0) is 12.1. The average molecular weight is 249 g/mol. The Balaban J connectivity index is 2.54. The van der Waals surface area contributed by atoms with Crippen molar-refractivity contribution in [3.05, 3.63) is 0 Å². The van der Waals surface area contributed by atoms with Crippen LogP contribution >= 0.6 is 11.6 Å². The van der Waals surface area contributed by atoms with Gasteiger partial charge in [0.15, 0.2) is 0 Å². The fourth-order valence-electron chi connectivity index (χ4n) is 1.54. The van der Waals surface area contributed by atoms with Gasteiger partial charge in [-0.25, -0.2) is 4.79 Å². The van der Waals surface area contributed by atoms with Crippen LogP contribution in [0.3, 0.4) is 0 Å². The molecule has 1 aliphatic rings. The first-order chi connectivity index (χ1) is 7.56. The Morgan fingerprint density at radius 2 is 2.31 bits per heavy atom. The molecule has 16 heavy (non-hydrogen) atoms. The average Bonchev–Trinajstić information content (AvgIpc) is 2.28. The summed E-state index contributed by atoms with van der Waals surface area (Å²) in [6.07, 6.45) is 0.804. The first-order valence-electron chi connectivity index (χ1n) is 5.39. The minimum atomic E-state index is -0.704. The number of amides is 3. The van der Waals surface area contributed by atoms with E-state index in [-0.39, 0.29) is 12.1 Å². The molecule has 2 unspecified atom stereocenters. The SMILES string of the molecule is CCC1COCCN1C(=O)NC(=O)C(C)Cl. The quantitative estimate of drug-likeness (QED) is 0.741. The highest BCUT2D eigenvalue weighted by Crippen LogP contribution is 2.10. The molecule has 6 heteroatoms. The number of carbonyl (C=O) groups is 2. The lowest BCUT2D eigenvalue weighted by atomic mass is 10.2. The molecule has 0 spiro atoms. The van der Waals surface area contributed by atoms with Gasteiger partial charge in [0.25, 0.3) is 0 Å². The number of nitrogens with one attached hydrogen (secondary N) is 1. The van der Waals surface area contributed by atoms with Gasteiger partial charge in [0.2, 0.25) is 5.91 Å². The molecule has 3 amide bonds. The number of ether oxygens (including phenoxy) is 1. The summed E-state index contributed by atoms with van der Waals surface area (Å²) in [4.78, 5) is 24.7. The highest BCUT2D eigenvalue weighted by atomic mass is 35.5. The van der Waals surface area contributed by atoms with E-state index in [4.69, 9.17) is 16.3 Å². The first kappa shape index (κ1) is 13.3. The lowest BCUT2D eigenvalue weighted by Crippen LogP contribution is -2.54. The smallest absolute Gasteiger partial charge is 0.324 e. The normalized spacial score (nSPS) is 22.7. The number of imide groups is 1. The summed E-state index contributed by atoms with van der Waals surface area (Å²) in [6.45, 7) is 5.05. The van der Waals surface area contributed by atoms with Crippen molar-refractivity contribution in [2.45, 2.75) is 31.7 Å². The van der Waals surface area contributed by atoms with Crippen molar-refractivity contribution in [1.82, 2.24) is 10.2 Å². The second-order valence-corrected chi connectivity index (χ2v) is 4.40. The van der Waals surface area contributed by atoms with Crippen LogP contribution in [-0.2, 0) is 9.53 Å². The maximum atomic E-state index is 11.8. The van der Waals surface area contributed by atoms with E-state index in [1.54, 1.807) is 4.90 Å². The summed E-state index contributed by atoms with van der Waals surface area (Å²) in [5.41, 5.74) is 0. The van der Waals surface area contributed by atoms with Gasteiger partial charge in [-0.15, -0.1) is 11.6 Å². The number of urea groups is 1. The van der Waals surface area contributed by atoms with E-state index in [1.165, 1.54) is 6.92 Å². The molecule has 0 aliphatic carbocycles. The molecular weight excluding hydrogens is 232 g/mol. The van der Waals surface area contributed by atoms with Crippen LogP contribution in [0.5, 0.6) is 0 Å². The van der Waals surface area contributed by atoms with Gasteiger partial charge in [-0.3, -0.25) is 10.1 Å². The van der Waals surface area contributed by atoms with E-state index < -0.39 is 11.3 Å². The largest absolute Gasteiger partial charge is 0.377 e. The van der Waals surface area contributed by atoms with Crippen molar-refractivity contribution in [2.24, 2.45) is 0 Å². The van der Waals surface area contributed by atoms with Gasteiger partial charge in [0.05, 0.1) is 19.3 Å². The molecule has 0 bridgehead atoms. The van der Waals surface area contributed by atoms with Gasteiger partial charge in [0.1, 0.15) is 5.38 Å². The Morgan fingerprint density at radius 1 is 1.62 bits per heavy atom. The third-order valence-electron chi connectivity index (χ3n) is 2.55. The summed E-state index contributed by atoms with van der Waals surface area (Å²) in [5.74, 6) is -0.465. The van der Waals surface area contributed by atoms with Crippen LogP contribution in [0.25, 0.3) is 0 Å². The van der Waals surface area contributed by atoms with E-state index >= 15 is 0 Å². The minimum absolute atomic E-state index is 0.0344. The number of rotatable bonds is 2.